The topological polar surface area (TPSA) is 47.1 Å². The fraction of sp³-hybridized carbons (Fsp3) is 0. The van der Waals surface area contributed by atoms with Crippen molar-refractivity contribution >= 4 is 50.0 Å². The first-order valence-electron chi connectivity index (χ1n) is 11.5. The van der Waals surface area contributed by atoms with Crippen molar-refractivity contribution < 1.29 is 4.42 Å². The molecule has 0 aliphatic rings. The molecule has 2 heterocycles. The number of para-hydroxylation sites is 3. The molecule has 5 nitrogen and oxygen atoms in total. The van der Waals surface area contributed by atoms with Gasteiger partial charge in [0.25, 0.3) is 0 Å². The third-order valence-corrected chi connectivity index (χ3v) is 6.24. The van der Waals surface area contributed by atoms with Gasteiger partial charge in [-0.1, -0.05) is 54.6 Å². The number of fused-ring (bicyclic) bond motifs is 4. The lowest BCUT2D eigenvalue weighted by Gasteiger charge is -2.25. The van der Waals surface area contributed by atoms with Gasteiger partial charge in [-0.25, -0.2) is 0 Å². The molecule has 0 aliphatic carbocycles. The lowest BCUT2D eigenvalue weighted by Crippen LogP contribution is -2.09. The monoisotopic (exact) mass is 452 g/mol. The van der Waals surface area contributed by atoms with Crippen LogP contribution in [-0.4, -0.2) is 15.0 Å². The first kappa shape index (κ1) is 19.6. The second-order valence-electron chi connectivity index (χ2n) is 8.45. The number of hydrogen-bond acceptors (Lipinski definition) is 4. The lowest BCUT2D eigenvalue weighted by atomic mass is 10.1. The van der Waals surface area contributed by atoms with E-state index in [1.807, 2.05) is 72.8 Å². The smallest absolute Gasteiger partial charge is 0.137 e. The Bertz CT molecular complexity index is 1800. The van der Waals surface area contributed by atoms with Gasteiger partial charge in [-0.2, -0.15) is 4.80 Å². The summed E-state index contributed by atoms with van der Waals surface area (Å²) >= 11 is 0. The Morgan fingerprint density at radius 2 is 1.17 bits per heavy atom. The Morgan fingerprint density at radius 3 is 2.03 bits per heavy atom. The molecule has 7 rings (SSSR count). The normalized spacial score (nSPS) is 11.4. The number of nitrogens with zero attached hydrogens (tertiary/aromatic N) is 4. The van der Waals surface area contributed by atoms with Crippen LogP contribution in [0.15, 0.2) is 126 Å². The van der Waals surface area contributed by atoms with E-state index in [0.29, 0.717) is 0 Å². The molecule has 0 N–H and O–H groups in total. The minimum Gasteiger partial charge on any atom is -0.456 e. The van der Waals surface area contributed by atoms with E-state index in [1.54, 1.807) is 4.80 Å². The van der Waals surface area contributed by atoms with Crippen LogP contribution in [0.5, 0.6) is 0 Å². The molecule has 0 aliphatic heterocycles. The molecule has 0 saturated heterocycles. The largest absolute Gasteiger partial charge is 0.456 e. The van der Waals surface area contributed by atoms with Crippen molar-refractivity contribution in [2.75, 3.05) is 4.90 Å². The van der Waals surface area contributed by atoms with Gasteiger partial charge in [-0.05, 0) is 60.7 Å². The highest BCUT2D eigenvalue weighted by Gasteiger charge is 2.16. The number of rotatable bonds is 4. The molecule has 5 aromatic carbocycles. The van der Waals surface area contributed by atoms with Gasteiger partial charge in [0, 0.05) is 33.9 Å². The van der Waals surface area contributed by atoms with Gasteiger partial charge in [-0.15, -0.1) is 10.2 Å². The predicted molar refractivity (Wildman–Crippen MR) is 141 cm³/mol. The van der Waals surface area contributed by atoms with Gasteiger partial charge in [0.05, 0.1) is 5.69 Å². The maximum atomic E-state index is 6.19. The molecular formula is C30H20N4O. The minimum atomic E-state index is 0.831. The zero-order chi connectivity index (χ0) is 23.2. The van der Waals surface area contributed by atoms with E-state index in [9.17, 15) is 0 Å². The molecule has 0 amide bonds. The maximum Gasteiger partial charge on any atom is 0.137 e. The molecule has 2 aromatic heterocycles. The van der Waals surface area contributed by atoms with Gasteiger partial charge < -0.3 is 9.32 Å². The van der Waals surface area contributed by atoms with Crippen LogP contribution >= 0.6 is 0 Å². The van der Waals surface area contributed by atoms with Crippen LogP contribution < -0.4 is 4.90 Å². The number of benzene rings is 5. The molecule has 166 valence electrons. The van der Waals surface area contributed by atoms with Gasteiger partial charge in [-0.3, -0.25) is 0 Å². The summed E-state index contributed by atoms with van der Waals surface area (Å²) in [6.07, 6.45) is 0. The Labute approximate surface area is 201 Å². The van der Waals surface area contributed by atoms with Gasteiger partial charge in [0.1, 0.15) is 22.2 Å². The van der Waals surface area contributed by atoms with Crippen LogP contribution in [0, 0.1) is 0 Å². The molecule has 0 unspecified atom stereocenters. The van der Waals surface area contributed by atoms with E-state index in [0.717, 1.165) is 55.7 Å². The highest BCUT2D eigenvalue weighted by Crippen LogP contribution is 2.38. The van der Waals surface area contributed by atoms with E-state index >= 15 is 0 Å². The quantitative estimate of drug-likeness (QED) is 0.273. The first-order valence-corrected chi connectivity index (χ1v) is 11.5. The Hall–Kier alpha value is -4.90. The number of aromatic nitrogens is 3. The van der Waals surface area contributed by atoms with Crippen LogP contribution in [-0.2, 0) is 0 Å². The summed E-state index contributed by atoms with van der Waals surface area (Å²) in [7, 11) is 0. The van der Waals surface area contributed by atoms with E-state index in [4.69, 9.17) is 9.52 Å². The summed E-state index contributed by atoms with van der Waals surface area (Å²) in [4.78, 5) is 3.90. The maximum absolute atomic E-state index is 6.19. The molecule has 0 atom stereocenters. The van der Waals surface area contributed by atoms with Crippen LogP contribution in [0.3, 0.4) is 0 Å². The SMILES string of the molecule is c1ccc(N(c2ccc3nn(-c4ccccc4)nc3c2)c2ccc3c(c2)oc2ccccc23)cc1. The zero-order valence-corrected chi connectivity index (χ0v) is 18.7. The second-order valence-corrected chi connectivity index (χ2v) is 8.45. The van der Waals surface area contributed by atoms with E-state index in [1.165, 1.54) is 0 Å². The fourth-order valence-electron chi connectivity index (χ4n) is 4.60. The number of anilines is 3. The molecule has 0 spiro atoms. The predicted octanol–water partition coefficient (Wildman–Crippen LogP) is 7.79. The molecule has 7 aromatic rings. The van der Waals surface area contributed by atoms with Crippen molar-refractivity contribution in [3.05, 3.63) is 121 Å². The number of furan rings is 1. The van der Waals surface area contributed by atoms with E-state index in [-0.39, 0.29) is 0 Å². The Kier molecular flexibility index (Phi) is 4.39. The van der Waals surface area contributed by atoms with Crippen molar-refractivity contribution in [3.63, 3.8) is 0 Å². The Balaban J connectivity index is 1.39. The molecule has 0 saturated carbocycles. The van der Waals surface area contributed by atoms with Gasteiger partial charge in [0.15, 0.2) is 0 Å². The summed E-state index contributed by atoms with van der Waals surface area (Å²) in [5.74, 6) is 0. The van der Waals surface area contributed by atoms with Gasteiger partial charge >= 0.3 is 0 Å². The van der Waals surface area contributed by atoms with Crippen LogP contribution in [0.25, 0.3) is 38.7 Å². The van der Waals surface area contributed by atoms with Crippen molar-refractivity contribution in [2.24, 2.45) is 0 Å². The Morgan fingerprint density at radius 1 is 0.514 bits per heavy atom. The standard InChI is InChI=1S/C30H20N4O/c1-3-9-21(10-4-1)33(24-15-17-26-25-13-7-8-14-29(25)35-30(26)20-24)23-16-18-27-28(19-23)32-34(31-27)22-11-5-2-6-12-22/h1-20H. The van der Waals surface area contributed by atoms with Gasteiger partial charge in [0.2, 0.25) is 0 Å². The van der Waals surface area contributed by atoms with Crippen molar-refractivity contribution in [2.45, 2.75) is 0 Å². The molecule has 0 fully saturated rings. The highest BCUT2D eigenvalue weighted by molar-refractivity contribution is 6.06. The summed E-state index contributed by atoms with van der Waals surface area (Å²) in [6.45, 7) is 0. The van der Waals surface area contributed by atoms with Crippen LogP contribution in [0.4, 0.5) is 17.1 Å². The molecule has 5 heteroatoms. The summed E-state index contributed by atoms with van der Waals surface area (Å²) in [5, 5.41) is 11.7. The van der Waals surface area contributed by atoms with Crippen molar-refractivity contribution in [1.82, 2.24) is 15.0 Å². The third-order valence-electron chi connectivity index (χ3n) is 6.24. The van der Waals surface area contributed by atoms with Crippen molar-refractivity contribution in [3.8, 4) is 5.69 Å². The van der Waals surface area contributed by atoms with Crippen molar-refractivity contribution in [1.29, 1.82) is 0 Å². The second kappa shape index (κ2) is 7.85. The minimum absolute atomic E-state index is 0.831. The zero-order valence-electron chi connectivity index (χ0n) is 18.7. The molecule has 0 bridgehead atoms. The molecular weight excluding hydrogens is 432 g/mol. The fourth-order valence-corrected chi connectivity index (χ4v) is 4.60. The average Bonchev–Trinajstić information content (AvgIpc) is 3.51. The van der Waals surface area contributed by atoms with E-state index in [2.05, 4.69) is 58.5 Å². The average molecular weight is 453 g/mol. The summed E-state index contributed by atoms with van der Waals surface area (Å²) < 4.78 is 6.19. The van der Waals surface area contributed by atoms with E-state index < -0.39 is 0 Å². The first-order chi connectivity index (χ1) is 17.3. The highest BCUT2D eigenvalue weighted by atomic mass is 16.3. The summed E-state index contributed by atoms with van der Waals surface area (Å²) in [5.41, 5.74) is 7.43. The van der Waals surface area contributed by atoms with Crippen LogP contribution in [0.1, 0.15) is 0 Å². The number of hydrogen-bond donors (Lipinski definition) is 0. The summed E-state index contributed by atoms with van der Waals surface area (Å²) in [6, 6.07) is 41.0. The van der Waals surface area contributed by atoms with Crippen LogP contribution in [0.2, 0.25) is 0 Å². The molecule has 0 radical (unpaired) electrons. The third kappa shape index (κ3) is 3.33. The lowest BCUT2D eigenvalue weighted by molar-refractivity contribution is 0.669. The molecule has 35 heavy (non-hydrogen) atoms.